The van der Waals surface area contributed by atoms with E-state index in [1.165, 1.54) is 28.7 Å². The van der Waals surface area contributed by atoms with Gasteiger partial charge in [-0.1, -0.05) is 36.1 Å². The highest BCUT2D eigenvalue weighted by Crippen LogP contribution is 2.36. The van der Waals surface area contributed by atoms with Gasteiger partial charge >= 0.3 is 0 Å². The van der Waals surface area contributed by atoms with E-state index in [4.69, 9.17) is 14.5 Å². The van der Waals surface area contributed by atoms with E-state index in [-0.39, 0.29) is 11.2 Å². The van der Waals surface area contributed by atoms with Crippen LogP contribution in [0.25, 0.3) is 32.7 Å². The summed E-state index contributed by atoms with van der Waals surface area (Å²) in [6.45, 7) is 4.04. The van der Waals surface area contributed by atoms with Gasteiger partial charge in [-0.15, -0.1) is 0 Å². The van der Waals surface area contributed by atoms with Crippen LogP contribution < -0.4 is 14.8 Å². The number of hydrogen-bond acceptors (Lipinski definition) is 7. The summed E-state index contributed by atoms with van der Waals surface area (Å²) in [4.78, 5) is 26.2. The van der Waals surface area contributed by atoms with E-state index in [2.05, 4.69) is 21.4 Å². The molecular weight excluding hydrogens is 516 g/mol. The van der Waals surface area contributed by atoms with Crippen LogP contribution in [-0.2, 0) is 4.79 Å². The Bertz CT molecular complexity index is 1490. The Kier molecular flexibility index (Phi) is 7.67. The average Bonchev–Trinajstić information content (AvgIpc) is 3.55. The molecule has 0 aliphatic heterocycles. The topological polar surface area (TPSA) is 89.1 Å². The number of anilines is 1. The van der Waals surface area contributed by atoms with Crippen LogP contribution in [0, 0.1) is 6.92 Å². The highest BCUT2D eigenvalue weighted by atomic mass is 32.2. The first-order valence-corrected chi connectivity index (χ1v) is 13.9. The third-order valence-corrected chi connectivity index (χ3v) is 8.30. The monoisotopic (exact) mass is 544 g/mol. The zero-order valence-corrected chi connectivity index (χ0v) is 23.2. The predicted octanol–water partition coefficient (Wildman–Crippen LogP) is 7.19. The molecule has 1 amide bonds. The molecule has 1 atom stereocenters. The molecule has 38 heavy (non-hydrogen) atoms. The van der Waals surface area contributed by atoms with Gasteiger partial charge in [0.1, 0.15) is 11.5 Å². The zero-order chi connectivity index (χ0) is 26.6. The van der Waals surface area contributed by atoms with Crippen molar-refractivity contribution in [2.24, 2.45) is 0 Å². The number of benzene rings is 3. The Morgan fingerprint density at radius 1 is 0.974 bits per heavy atom. The molecule has 194 valence electrons. The Balaban J connectivity index is 1.42. The number of thioether (sulfide) groups is 1. The number of ether oxygens (including phenoxy) is 2. The van der Waals surface area contributed by atoms with Gasteiger partial charge in [-0.2, -0.15) is 0 Å². The molecule has 0 aliphatic rings. The standard InChI is InChI=1S/C29H28N4O3S2/c1-5-23(27(34)33-28-30-22-15-6-17(2)16-24(22)38-28)37-29-31-25(18-7-11-20(35-3)12-8-18)26(32-29)19-9-13-21(36-4)14-10-19/h6-16,23H,5H2,1-4H3,(H,31,32)(H,30,33,34). The minimum atomic E-state index is -0.345. The molecule has 5 rings (SSSR count). The maximum atomic E-state index is 13.2. The molecule has 0 radical (unpaired) electrons. The summed E-state index contributed by atoms with van der Waals surface area (Å²) in [5, 5.41) is 3.94. The van der Waals surface area contributed by atoms with Crippen molar-refractivity contribution >= 4 is 44.4 Å². The molecule has 0 spiro atoms. The molecule has 2 aromatic heterocycles. The van der Waals surface area contributed by atoms with Crippen LogP contribution in [0.15, 0.2) is 71.9 Å². The highest BCUT2D eigenvalue weighted by molar-refractivity contribution is 8.00. The van der Waals surface area contributed by atoms with Gasteiger partial charge in [0.25, 0.3) is 0 Å². The van der Waals surface area contributed by atoms with Crippen LogP contribution in [0.1, 0.15) is 18.9 Å². The quantitative estimate of drug-likeness (QED) is 0.191. The van der Waals surface area contributed by atoms with E-state index in [1.54, 1.807) is 14.2 Å². The SMILES string of the molecule is CCC(Sc1nc(-c2ccc(OC)cc2)c(-c2ccc(OC)cc2)[nH]1)C(=O)Nc1nc2ccc(C)cc2s1. The number of aromatic nitrogens is 3. The number of fused-ring (bicyclic) bond motifs is 1. The lowest BCUT2D eigenvalue weighted by Gasteiger charge is -2.11. The van der Waals surface area contributed by atoms with Crippen LogP contribution in [0.4, 0.5) is 5.13 Å². The molecule has 0 aliphatic carbocycles. The Morgan fingerprint density at radius 3 is 2.26 bits per heavy atom. The van der Waals surface area contributed by atoms with Gasteiger partial charge in [-0.3, -0.25) is 4.79 Å². The first-order valence-electron chi connectivity index (χ1n) is 12.2. The first kappa shape index (κ1) is 25.8. The number of nitrogens with one attached hydrogen (secondary N) is 2. The maximum absolute atomic E-state index is 13.2. The fourth-order valence-electron chi connectivity index (χ4n) is 4.06. The van der Waals surface area contributed by atoms with E-state index < -0.39 is 0 Å². The van der Waals surface area contributed by atoms with Crippen LogP contribution in [0.2, 0.25) is 0 Å². The molecule has 2 N–H and O–H groups in total. The number of H-pyrrole nitrogens is 1. The molecule has 1 unspecified atom stereocenters. The van der Waals surface area contributed by atoms with E-state index in [9.17, 15) is 4.79 Å². The van der Waals surface area contributed by atoms with E-state index in [1.807, 2.05) is 74.5 Å². The second-order valence-corrected chi connectivity index (χ2v) is 10.9. The lowest BCUT2D eigenvalue weighted by molar-refractivity contribution is -0.115. The zero-order valence-electron chi connectivity index (χ0n) is 21.6. The number of rotatable bonds is 9. The normalized spacial score (nSPS) is 11.9. The molecule has 0 bridgehead atoms. The third kappa shape index (κ3) is 5.54. The number of methoxy groups -OCH3 is 2. The van der Waals surface area contributed by atoms with Crippen LogP contribution in [0.3, 0.4) is 0 Å². The third-order valence-electron chi connectivity index (χ3n) is 6.12. The lowest BCUT2D eigenvalue weighted by Crippen LogP contribution is -2.24. The molecule has 3 aromatic carbocycles. The molecule has 7 nitrogen and oxygen atoms in total. The molecule has 2 heterocycles. The number of aromatic amines is 1. The maximum Gasteiger partial charge on any atom is 0.239 e. The molecule has 0 saturated carbocycles. The van der Waals surface area contributed by atoms with Crippen molar-refractivity contribution in [1.29, 1.82) is 0 Å². The van der Waals surface area contributed by atoms with Crippen molar-refractivity contribution in [2.75, 3.05) is 19.5 Å². The van der Waals surface area contributed by atoms with Crippen molar-refractivity contribution in [1.82, 2.24) is 15.0 Å². The minimum absolute atomic E-state index is 0.0957. The largest absolute Gasteiger partial charge is 0.497 e. The summed E-state index contributed by atoms with van der Waals surface area (Å²) < 4.78 is 11.7. The van der Waals surface area contributed by atoms with E-state index >= 15 is 0 Å². The van der Waals surface area contributed by atoms with Gasteiger partial charge in [0.05, 0.1) is 41.1 Å². The second-order valence-electron chi connectivity index (χ2n) is 8.72. The number of thiazole rings is 1. The number of carbonyl (C=O) groups is 1. The molecule has 0 fully saturated rings. The summed E-state index contributed by atoms with van der Waals surface area (Å²) in [7, 11) is 3.29. The van der Waals surface area contributed by atoms with Crippen molar-refractivity contribution in [3.05, 3.63) is 72.3 Å². The summed E-state index contributed by atoms with van der Waals surface area (Å²) >= 11 is 2.90. The van der Waals surface area contributed by atoms with Gasteiger partial charge in [-0.05, 0) is 79.6 Å². The first-order chi connectivity index (χ1) is 18.5. The van der Waals surface area contributed by atoms with Gasteiger partial charge < -0.3 is 19.8 Å². The Morgan fingerprint density at radius 2 is 1.63 bits per heavy atom. The Hall–Kier alpha value is -3.82. The smallest absolute Gasteiger partial charge is 0.239 e. The van der Waals surface area contributed by atoms with Crippen molar-refractivity contribution in [2.45, 2.75) is 30.7 Å². The van der Waals surface area contributed by atoms with Crippen LogP contribution in [-0.4, -0.2) is 40.3 Å². The Labute approximate surface area is 229 Å². The van der Waals surface area contributed by atoms with Gasteiger partial charge in [-0.25, -0.2) is 9.97 Å². The van der Waals surface area contributed by atoms with Gasteiger partial charge in [0.15, 0.2) is 10.3 Å². The average molecular weight is 545 g/mol. The van der Waals surface area contributed by atoms with Crippen LogP contribution in [0.5, 0.6) is 11.5 Å². The van der Waals surface area contributed by atoms with E-state index in [0.717, 1.165) is 44.2 Å². The fraction of sp³-hybridized carbons (Fsp3) is 0.207. The molecular formula is C29H28N4O3S2. The van der Waals surface area contributed by atoms with Gasteiger partial charge in [0.2, 0.25) is 5.91 Å². The summed E-state index contributed by atoms with van der Waals surface area (Å²) in [5.41, 5.74) is 5.64. The second kappa shape index (κ2) is 11.3. The summed E-state index contributed by atoms with van der Waals surface area (Å²) in [6.07, 6.45) is 0.636. The number of carbonyl (C=O) groups excluding carboxylic acids is 1. The number of amides is 1. The summed E-state index contributed by atoms with van der Waals surface area (Å²) in [5.74, 6) is 1.46. The summed E-state index contributed by atoms with van der Waals surface area (Å²) in [6, 6.07) is 21.7. The predicted molar refractivity (Wildman–Crippen MR) is 155 cm³/mol. The van der Waals surface area contributed by atoms with Gasteiger partial charge in [0, 0.05) is 11.1 Å². The number of hydrogen-bond donors (Lipinski definition) is 2. The number of aryl methyl sites for hydroxylation is 1. The molecule has 9 heteroatoms. The lowest BCUT2D eigenvalue weighted by atomic mass is 10.0. The van der Waals surface area contributed by atoms with Crippen LogP contribution >= 0.6 is 23.1 Å². The van der Waals surface area contributed by atoms with Crippen molar-refractivity contribution in [3.63, 3.8) is 0 Å². The number of nitrogens with zero attached hydrogens (tertiary/aromatic N) is 2. The number of imidazole rings is 1. The molecule has 5 aromatic rings. The van der Waals surface area contributed by atoms with Crippen molar-refractivity contribution < 1.29 is 14.3 Å². The highest BCUT2D eigenvalue weighted by Gasteiger charge is 2.23. The van der Waals surface area contributed by atoms with Crippen molar-refractivity contribution in [3.8, 4) is 34.0 Å². The minimum Gasteiger partial charge on any atom is -0.497 e. The van der Waals surface area contributed by atoms with E-state index in [0.29, 0.717) is 16.7 Å². The molecule has 0 saturated heterocycles. The fourth-order valence-corrected chi connectivity index (χ4v) is 5.93.